The van der Waals surface area contributed by atoms with E-state index in [-0.39, 0.29) is 5.91 Å². The maximum Gasteiger partial charge on any atom is 0.289 e. The molecule has 5 nitrogen and oxygen atoms in total. The Kier molecular flexibility index (Phi) is 4.69. The lowest BCUT2D eigenvalue weighted by Gasteiger charge is -2.15. The fraction of sp³-hybridized carbons (Fsp3) is 0.0800. The molecule has 0 spiro atoms. The molecule has 1 aromatic heterocycles. The van der Waals surface area contributed by atoms with E-state index in [9.17, 15) is 4.79 Å². The lowest BCUT2D eigenvalue weighted by molar-refractivity contribution is 0.0949. The summed E-state index contributed by atoms with van der Waals surface area (Å²) in [6, 6.07) is 26.4. The van der Waals surface area contributed by atoms with E-state index in [1.807, 2.05) is 60.7 Å². The largest absolute Gasteiger partial charge is 0.289 e. The molecule has 0 saturated carbocycles. The van der Waals surface area contributed by atoms with Gasteiger partial charge in [0.15, 0.2) is 0 Å². The maximum atomic E-state index is 12.6. The topological polar surface area (TPSA) is 70.1 Å². The predicted octanol–water partition coefficient (Wildman–Crippen LogP) is 4.61. The van der Waals surface area contributed by atoms with Crippen LogP contribution in [0.15, 0.2) is 84.0 Å². The van der Waals surface area contributed by atoms with Crippen LogP contribution in [0.1, 0.15) is 27.2 Å². The van der Waals surface area contributed by atoms with E-state index in [2.05, 4.69) is 38.9 Å². The Bertz CT molecular complexity index is 1220. The average Bonchev–Trinajstić information content (AvgIpc) is 3.25. The number of nitrogens with zero attached hydrogens (tertiary/aromatic N) is 2. The van der Waals surface area contributed by atoms with Gasteiger partial charge in [0, 0.05) is 11.1 Å². The number of hydrazone groups is 1. The molecule has 3 aromatic carbocycles. The average molecular weight is 392 g/mol. The third-order valence-electron chi connectivity index (χ3n) is 5.41. The van der Waals surface area contributed by atoms with Crippen LogP contribution in [0, 0.1) is 0 Å². The second-order valence-electron chi connectivity index (χ2n) is 7.27. The predicted molar refractivity (Wildman–Crippen MR) is 118 cm³/mol. The summed E-state index contributed by atoms with van der Waals surface area (Å²) in [6.45, 7) is 0. The van der Waals surface area contributed by atoms with E-state index < -0.39 is 0 Å². The Hall–Kier alpha value is -3.99. The van der Waals surface area contributed by atoms with Crippen molar-refractivity contribution in [3.05, 3.63) is 101 Å². The highest BCUT2D eigenvalue weighted by Crippen LogP contribution is 2.33. The quantitative estimate of drug-likeness (QED) is 0.393. The Labute approximate surface area is 174 Å². The molecule has 0 radical (unpaired) electrons. The molecule has 5 rings (SSSR count). The van der Waals surface area contributed by atoms with Gasteiger partial charge in [0.05, 0.1) is 11.9 Å². The first-order chi connectivity index (χ1) is 14.8. The van der Waals surface area contributed by atoms with E-state index in [0.717, 1.165) is 40.8 Å². The van der Waals surface area contributed by atoms with E-state index in [1.165, 1.54) is 11.1 Å². The molecule has 146 valence electrons. The Balaban J connectivity index is 1.28. The summed E-state index contributed by atoms with van der Waals surface area (Å²) >= 11 is 0. The minimum Gasteiger partial charge on any atom is -0.272 e. The van der Waals surface area contributed by atoms with Gasteiger partial charge in [-0.25, -0.2) is 5.43 Å². The van der Waals surface area contributed by atoms with Gasteiger partial charge in [-0.1, -0.05) is 78.9 Å². The van der Waals surface area contributed by atoms with Crippen LogP contribution >= 0.6 is 0 Å². The molecule has 2 N–H and O–H groups in total. The molecule has 0 saturated heterocycles. The number of rotatable bonds is 4. The molecule has 30 heavy (non-hydrogen) atoms. The molecule has 0 bridgehead atoms. The van der Waals surface area contributed by atoms with Crippen molar-refractivity contribution < 1.29 is 4.79 Å². The number of carbonyl (C=O) groups is 1. The van der Waals surface area contributed by atoms with Gasteiger partial charge in [-0.3, -0.25) is 9.89 Å². The van der Waals surface area contributed by atoms with Crippen LogP contribution in [0.2, 0.25) is 0 Å². The second kappa shape index (κ2) is 7.79. The van der Waals surface area contributed by atoms with Gasteiger partial charge in [0.1, 0.15) is 5.69 Å². The monoisotopic (exact) mass is 392 g/mol. The van der Waals surface area contributed by atoms with Crippen molar-refractivity contribution in [3.63, 3.8) is 0 Å². The number of amides is 1. The number of hydrogen-bond donors (Lipinski definition) is 2. The zero-order valence-electron chi connectivity index (χ0n) is 16.3. The third-order valence-corrected chi connectivity index (χ3v) is 5.41. The number of aromatic nitrogens is 2. The minimum atomic E-state index is -0.278. The van der Waals surface area contributed by atoms with Gasteiger partial charge in [-0.05, 0) is 35.1 Å². The van der Waals surface area contributed by atoms with Gasteiger partial charge in [-0.2, -0.15) is 10.2 Å². The molecule has 4 aromatic rings. The zero-order valence-corrected chi connectivity index (χ0v) is 16.3. The molecule has 0 aliphatic heterocycles. The van der Waals surface area contributed by atoms with Crippen LogP contribution in [0.25, 0.3) is 22.4 Å². The van der Waals surface area contributed by atoms with Gasteiger partial charge >= 0.3 is 0 Å². The number of aromatic amines is 1. The van der Waals surface area contributed by atoms with E-state index in [0.29, 0.717) is 5.69 Å². The molecule has 5 heteroatoms. The van der Waals surface area contributed by atoms with E-state index in [1.54, 1.807) is 6.21 Å². The highest BCUT2D eigenvalue weighted by Gasteiger charge is 2.24. The standard InChI is InChI=1S/C25H20N4O/c30-25(24-22-15-14-20-8-4-5-9-21(20)23(22)27-28-24)29-26-16-17-10-12-19(13-11-17)18-6-2-1-3-7-18/h1-13,16H,14-15H2,(H,27,28)(H,29,30)/b26-16-. The molecule has 1 aliphatic carbocycles. The van der Waals surface area contributed by atoms with Crippen molar-refractivity contribution in [1.29, 1.82) is 0 Å². The smallest absolute Gasteiger partial charge is 0.272 e. The van der Waals surface area contributed by atoms with Crippen LogP contribution in [0.5, 0.6) is 0 Å². The van der Waals surface area contributed by atoms with Gasteiger partial charge < -0.3 is 0 Å². The van der Waals surface area contributed by atoms with Crippen molar-refractivity contribution in [2.75, 3.05) is 0 Å². The molecule has 1 aliphatic rings. The number of benzene rings is 3. The van der Waals surface area contributed by atoms with Gasteiger partial charge in [-0.15, -0.1) is 0 Å². The second-order valence-corrected chi connectivity index (χ2v) is 7.27. The molecular formula is C25H20N4O. The first-order valence-electron chi connectivity index (χ1n) is 9.94. The summed E-state index contributed by atoms with van der Waals surface area (Å²) in [5, 5.41) is 11.4. The highest BCUT2D eigenvalue weighted by atomic mass is 16.2. The normalized spacial score (nSPS) is 12.4. The lowest BCUT2D eigenvalue weighted by atomic mass is 9.89. The summed E-state index contributed by atoms with van der Waals surface area (Å²) in [7, 11) is 0. The van der Waals surface area contributed by atoms with Crippen LogP contribution in [-0.2, 0) is 12.8 Å². The number of fused-ring (bicyclic) bond motifs is 3. The van der Waals surface area contributed by atoms with Crippen molar-refractivity contribution in [1.82, 2.24) is 15.6 Å². The molecular weight excluding hydrogens is 372 g/mol. The molecule has 0 atom stereocenters. The highest BCUT2D eigenvalue weighted by molar-refractivity contribution is 5.96. The first-order valence-corrected chi connectivity index (χ1v) is 9.94. The summed E-state index contributed by atoms with van der Waals surface area (Å²) in [6.07, 6.45) is 3.33. The van der Waals surface area contributed by atoms with E-state index >= 15 is 0 Å². The van der Waals surface area contributed by atoms with Crippen LogP contribution in [-0.4, -0.2) is 22.3 Å². The summed E-state index contributed by atoms with van der Waals surface area (Å²) in [5.74, 6) is -0.278. The number of H-pyrrole nitrogens is 1. The van der Waals surface area contributed by atoms with Crippen LogP contribution in [0.4, 0.5) is 0 Å². The van der Waals surface area contributed by atoms with Crippen molar-refractivity contribution in [3.8, 4) is 22.4 Å². The van der Waals surface area contributed by atoms with Crippen molar-refractivity contribution in [2.24, 2.45) is 5.10 Å². The Morgan fingerprint density at radius 2 is 1.63 bits per heavy atom. The van der Waals surface area contributed by atoms with Crippen LogP contribution < -0.4 is 5.43 Å². The van der Waals surface area contributed by atoms with E-state index in [4.69, 9.17) is 0 Å². The molecule has 1 amide bonds. The van der Waals surface area contributed by atoms with Crippen molar-refractivity contribution >= 4 is 12.1 Å². The minimum absolute atomic E-state index is 0.278. The van der Waals surface area contributed by atoms with Gasteiger partial charge in [0.2, 0.25) is 0 Å². The van der Waals surface area contributed by atoms with Crippen LogP contribution in [0.3, 0.4) is 0 Å². The first kappa shape index (κ1) is 18.1. The fourth-order valence-corrected chi connectivity index (χ4v) is 3.86. The Morgan fingerprint density at radius 3 is 2.47 bits per heavy atom. The molecule has 0 fully saturated rings. The zero-order chi connectivity index (χ0) is 20.3. The fourth-order valence-electron chi connectivity index (χ4n) is 3.86. The summed E-state index contributed by atoms with van der Waals surface area (Å²) < 4.78 is 0. The Morgan fingerprint density at radius 1 is 0.900 bits per heavy atom. The molecule has 1 heterocycles. The number of hydrogen-bond acceptors (Lipinski definition) is 3. The summed E-state index contributed by atoms with van der Waals surface area (Å²) in [4.78, 5) is 12.6. The van der Waals surface area contributed by atoms with Gasteiger partial charge in [0.25, 0.3) is 5.91 Å². The summed E-state index contributed by atoms with van der Waals surface area (Å²) in [5.41, 5.74) is 10.5. The maximum absolute atomic E-state index is 12.6. The van der Waals surface area contributed by atoms with Crippen molar-refractivity contribution in [2.45, 2.75) is 12.8 Å². The number of nitrogens with one attached hydrogen (secondary N) is 2. The molecule has 0 unspecified atom stereocenters. The third kappa shape index (κ3) is 3.42. The lowest BCUT2D eigenvalue weighted by Crippen LogP contribution is -2.20. The number of carbonyl (C=O) groups excluding carboxylic acids is 1. The SMILES string of the molecule is O=C(N/N=C\c1ccc(-c2ccccc2)cc1)c1[nH]nc2c1CCc1ccccc1-2. The number of aryl methyl sites for hydroxylation is 1.